The van der Waals surface area contributed by atoms with Crippen molar-refractivity contribution in [3.05, 3.63) is 34.7 Å². The Bertz CT molecular complexity index is 351. The maximum Gasteiger partial charge on any atom is 0.194 e. The van der Waals surface area contributed by atoms with Crippen molar-refractivity contribution in [1.29, 1.82) is 0 Å². The molecule has 0 amide bonds. The number of fused-ring (bicyclic) bond motifs is 2. The van der Waals surface area contributed by atoms with Crippen molar-refractivity contribution in [2.24, 2.45) is 0 Å². The van der Waals surface area contributed by atoms with Crippen molar-refractivity contribution in [2.75, 3.05) is 26.2 Å². The fourth-order valence-corrected chi connectivity index (χ4v) is 2.50. The quantitative estimate of drug-likeness (QED) is 0.447. The predicted molar refractivity (Wildman–Crippen MR) is 63.5 cm³/mol. The number of piperazine rings is 1. The van der Waals surface area contributed by atoms with Crippen LogP contribution in [0.2, 0.25) is 0 Å². The van der Waals surface area contributed by atoms with Gasteiger partial charge in [0.1, 0.15) is 26.2 Å². The number of hydroxylamine groups is 4. The molecule has 1 aromatic carbocycles. The number of quaternary nitrogens is 2. The minimum atomic E-state index is -0.293. The second-order valence-electron chi connectivity index (χ2n) is 4.16. The molecular formula is C10H16N2O4. The molecule has 4 rings (SSSR count). The first-order valence-electron chi connectivity index (χ1n) is 4.90. The SMILES string of the molecule is O.O.[O-][N+]12CC[N+]([O-])(CC1)c1ccccc12. The van der Waals surface area contributed by atoms with E-state index in [-0.39, 0.29) is 20.2 Å². The summed E-state index contributed by atoms with van der Waals surface area (Å²) in [7, 11) is 0. The normalized spacial score (nSPS) is 34.6. The van der Waals surface area contributed by atoms with E-state index in [0.29, 0.717) is 37.6 Å². The largest absolute Gasteiger partial charge is 0.627 e. The molecule has 3 aliphatic heterocycles. The Morgan fingerprint density at radius 3 is 1.38 bits per heavy atom. The molecule has 4 N–H and O–H groups in total. The fraction of sp³-hybridized carbons (Fsp3) is 0.400. The lowest BCUT2D eigenvalue weighted by Crippen LogP contribution is -2.68. The van der Waals surface area contributed by atoms with Gasteiger partial charge in [-0.05, 0) is 0 Å². The molecule has 1 fully saturated rings. The Hall–Kier alpha value is -1.02. The second-order valence-corrected chi connectivity index (χ2v) is 4.16. The molecule has 6 nitrogen and oxygen atoms in total. The van der Waals surface area contributed by atoms with Crippen LogP contribution >= 0.6 is 0 Å². The molecule has 6 heteroatoms. The highest BCUT2D eigenvalue weighted by molar-refractivity contribution is 5.71. The van der Waals surface area contributed by atoms with Crippen LogP contribution in [-0.4, -0.2) is 37.1 Å². The fourth-order valence-electron chi connectivity index (χ4n) is 2.50. The topological polar surface area (TPSA) is 109 Å². The van der Waals surface area contributed by atoms with Crippen LogP contribution in [-0.2, 0) is 0 Å². The Kier molecular flexibility index (Phi) is 3.08. The molecule has 0 atom stereocenters. The van der Waals surface area contributed by atoms with Crippen LogP contribution in [0.5, 0.6) is 0 Å². The van der Waals surface area contributed by atoms with Crippen molar-refractivity contribution >= 4 is 11.4 Å². The average molecular weight is 228 g/mol. The van der Waals surface area contributed by atoms with Crippen LogP contribution in [0.15, 0.2) is 24.3 Å². The highest BCUT2D eigenvalue weighted by Gasteiger charge is 2.45. The zero-order valence-electron chi connectivity index (χ0n) is 8.85. The second kappa shape index (κ2) is 3.77. The van der Waals surface area contributed by atoms with E-state index in [0.717, 1.165) is 0 Å². The van der Waals surface area contributed by atoms with Crippen LogP contribution in [0, 0.1) is 10.4 Å². The average Bonchev–Trinajstić information content (AvgIpc) is 2.22. The molecule has 16 heavy (non-hydrogen) atoms. The van der Waals surface area contributed by atoms with Crippen LogP contribution in [0.25, 0.3) is 0 Å². The first-order valence-corrected chi connectivity index (χ1v) is 4.90. The first kappa shape index (κ1) is 13.0. The molecule has 0 saturated carbocycles. The molecule has 0 spiro atoms. The Morgan fingerprint density at radius 1 is 0.750 bits per heavy atom. The molecule has 0 radical (unpaired) electrons. The highest BCUT2D eigenvalue weighted by Crippen LogP contribution is 2.44. The van der Waals surface area contributed by atoms with Gasteiger partial charge in [-0.3, -0.25) is 0 Å². The first-order chi connectivity index (χ1) is 6.64. The van der Waals surface area contributed by atoms with Crippen LogP contribution in [0.3, 0.4) is 0 Å². The summed E-state index contributed by atoms with van der Waals surface area (Å²) in [6.07, 6.45) is 0. The van der Waals surface area contributed by atoms with E-state index in [9.17, 15) is 10.4 Å². The molecule has 0 aromatic heterocycles. The molecule has 0 unspecified atom stereocenters. The smallest absolute Gasteiger partial charge is 0.194 e. The van der Waals surface area contributed by atoms with Crippen LogP contribution in [0.1, 0.15) is 0 Å². The number of benzene rings is 1. The minimum Gasteiger partial charge on any atom is -0.627 e. The summed E-state index contributed by atoms with van der Waals surface area (Å²) < 4.78 is -0.586. The Labute approximate surface area is 93.3 Å². The van der Waals surface area contributed by atoms with Crippen LogP contribution < -0.4 is 9.29 Å². The third-order valence-electron chi connectivity index (χ3n) is 3.40. The van der Waals surface area contributed by atoms with Gasteiger partial charge in [0.25, 0.3) is 0 Å². The molecule has 1 aromatic rings. The number of rotatable bonds is 0. The summed E-state index contributed by atoms with van der Waals surface area (Å²) in [4.78, 5) is 0. The van der Waals surface area contributed by atoms with E-state index in [4.69, 9.17) is 0 Å². The van der Waals surface area contributed by atoms with E-state index in [2.05, 4.69) is 0 Å². The molecule has 90 valence electrons. The van der Waals surface area contributed by atoms with E-state index >= 15 is 0 Å². The van der Waals surface area contributed by atoms with Gasteiger partial charge < -0.3 is 30.7 Å². The van der Waals surface area contributed by atoms with Gasteiger partial charge >= 0.3 is 0 Å². The van der Waals surface area contributed by atoms with E-state index in [1.807, 2.05) is 12.1 Å². The summed E-state index contributed by atoms with van der Waals surface area (Å²) in [5.41, 5.74) is 1.36. The zero-order chi connectivity index (χ0) is 9.81. The van der Waals surface area contributed by atoms with Crippen molar-refractivity contribution < 1.29 is 11.0 Å². The third-order valence-corrected chi connectivity index (χ3v) is 3.40. The van der Waals surface area contributed by atoms with Gasteiger partial charge in [-0.1, -0.05) is 12.1 Å². The summed E-state index contributed by atoms with van der Waals surface area (Å²) in [5.74, 6) is 0. The van der Waals surface area contributed by atoms with Crippen LogP contribution in [0.4, 0.5) is 11.4 Å². The Morgan fingerprint density at radius 2 is 1.06 bits per heavy atom. The van der Waals surface area contributed by atoms with E-state index in [1.165, 1.54) is 0 Å². The molecule has 3 heterocycles. The standard InChI is InChI=1S/C10H12N2O2.2H2O/c13-11-5-7-12(14,8-6-11)10-4-2-1-3-9(10)11;;/h1-4H,5-8H2;2*1H2. The molecule has 0 aliphatic carbocycles. The van der Waals surface area contributed by atoms with Crippen molar-refractivity contribution in [3.63, 3.8) is 0 Å². The summed E-state index contributed by atoms with van der Waals surface area (Å²) >= 11 is 0. The highest BCUT2D eigenvalue weighted by atomic mass is 16.6. The van der Waals surface area contributed by atoms with Gasteiger partial charge in [-0.25, -0.2) is 0 Å². The molecular weight excluding hydrogens is 212 g/mol. The third kappa shape index (κ3) is 1.44. The van der Waals surface area contributed by atoms with Gasteiger partial charge in [-0.2, -0.15) is 0 Å². The number of para-hydroxylation sites is 2. The van der Waals surface area contributed by atoms with E-state index in [1.54, 1.807) is 12.1 Å². The zero-order valence-corrected chi connectivity index (χ0v) is 8.85. The lowest BCUT2D eigenvalue weighted by atomic mass is 10.1. The monoisotopic (exact) mass is 228 g/mol. The molecule has 3 aliphatic rings. The van der Waals surface area contributed by atoms with Gasteiger partial charge in [0, 0.05) is 12.1 Å². The van der Waals surface area contributed by atoms with Crippen molar-refractivity contribution in [1.82, 2.24) is 9.29 Å². The van der Waals surface area contributed by atoms with Crippen molar-refractivity contribution in [3.8, 4) is 0 Å². The number of hydrogen-bond acceptors (Lipinski definition) is 2. The van der Waals surface area contributed by atoms with Gasteiger partial charge in [-0.15, -0.1) is 0 Å². The maximum atomic E-state index is 12.3. The summed E-state index contributed by atoms with van der Waals surface area (Å²) in [5, 5.41) is 24.6. The van der Waals surface area contributed by atoms with Gasteiger partial charge in [0.2, 0.25) is 0 Å². The molecule has 2 bridgehead atoms. The lowest BCUT2D eigenvalue weighted by Gasteiger charge is -2.59. The van der Waals surface area contributed by atoms with E-state index < -0.39 is 0 Å². The summed E-state index contributed by atoms with van der Waals surface area (Å²) in [6.45, 7) is 1.72. The molecule has 1 saturated heterocycles. The van der Waals surface area contributed by atoms with Gasteiger partial charge in [0.05, 0.1) is 0 Å². The lowest BCUT2D eigenvalue weighted by molar-refractivity contribution is 0.190. The predicted octanol–water partition coefficient (Wildman–Crippen LogP) is -0.325. The van der Waals surface area contributed by atoms with Crippen molar-refractivity contribution in [2.45, 2.75) is 0 Å². The Balaban J connectivity index is 0.000000640. The minimum absolute atomic E-state index is 0. The maximum absolute atomic E-state index is 12.3. The summed E-state index contributed by atoms with van der Waals surface area (Å²) in [6, 6.07) is 7.27. The van der Waals surface area contributed by atoms with Gasteiger partial charge in [0.15, 0.2) is 11.4 Å². The number of nitrogens with zero attached hydrogens (tertiary/aromatic N) is 2. The number of hydrogen-bond donors (Lipinski definition) is 0.